The van der Waals surface area contributed by atoms with Gasteiger partial charge in [-0.2, -0.15) is 24.9 Å². The number of oxazole rings is 3. The number of aryl methyl sites for hydroxylation is 6. The van der Waals surface area contributed by atoms with Gasteiger partial charge in [-0.1, -0.05) is 329 Å². The fourth-order valence-electron chi connectivity index (χ4n) is 15.0. The smallest absolute Gasteiger partial charge is 0.872 e. The normalized spacial score (nSPS) is 10.4. The topological polar surface area (TPSA) is 337 Å². The first-order chi connectivity index (χ1) is 67.7. The van der Waals surface area contributed by atoms with Gasteiger partial charge in [-0.05, 0) is 165 Å². The molecule has 23 rings (SSSR count). The second-order valence-corrected chi connectivity index (χ2v) is 34.7. The fraction of sp³-hybridized carbons (Fsp3) is 0.0508. The molecule has 8 N–H and O–H groups in total. The van der Waals surface area contributed by atoms with E-state index in [-0.39, 0.29) is 247 Å². The van der Waals surface area contributed by atoms with E-state index in [1.165, 1.54) is 37.7 Å². The van der Waals surface area contributed by atoms with Crippen LogP contribution in [0.25, 0.3) is 131 Å². The van der Waals surface area contributed by atoms with Gasteiger partial charge in [0.25, 0.3) is 10.0 Å². The molecule has 0 radical (unpaired) electrons. The number of hydrogen-bond acceptors (Lipinski definition) is 13. The first-order valence-electron chi connectivity index (χ1n) is 44.7. The summed E-state index contributed by atoms with van der Waals surface area (Å²) < 4.78 is 19.5. The first kappa shape index (κ1) is 121. The Hall–Kier alpha value is -11.7. The maximum absolute atomic E-state index is 12.6. The molecule has 147 heavy (non-hydrogen) atoms. The van der Waals surface area contributed by atoms with Crippen molar-refractivity contribution in [1.82, 2.24) is 0 Å². The van der Waals surface area contributed by atoms with E-state index in [2.05, 4.69) is 71.1 Å². The monoisotopic (exact) mass is 2040 g/mol. The molecule has 0 amide bonds. The number of fused-ring (bicyclic) bond motifs is 7. The van der Waals surface area contributed by atoms with Crippen LogP contribution in [0.1, 0.15) is 50.1 Å². The van der Waals surface area contributed by atoms with Gasteiger partial charge in [0.15, 0.2) is 18.6 Å². The number of hydrogen-bond donors (Lipinski definition) is 3. The van der Waals surface area contributed by atoms with E-state index >= 15 is 0 Å². The number of aromatic amines is 5. The number of aromatic nitrogens is 5. The molecule has 0 unspecified atom stereocenters. The summed E-state index contributed by atoms with van der Waals surface area (Å²) in [6, 6.07) is 122. The van der Waals surface area contributed by atoms with Crippen molar-refractivity contribution in [2.75, 3.05) is 0 Å². The van der Waals surface area contributed by atoms with E-state index < -0.39 is 0 Å². The maximum atomic E-state index is 12.6. The Morgan fingerprint density at radius 1 is 0.245 bits per heavy atom. The minimum Gasteiger partial charge on any atom is -0.872 e. The summed E-state index contributed by atoms with van der Waals surface area (Å²) in [6.07, 6.45) is 5.24. The quantitative estimate of drug-likeness (QED) is 0.0807. The average Bonchev–Trinajstić information content (AvgIpc) is 1.65. The van der Waals surface area contributed by atoms with E-state index in [4.69, 9.17) is 13.3 Å². The number of benzene rings is 18. The van der Waals surface area contributed by atoms with E-state index in [1.54, 1.807) is 138 Å². The summed E-state index contributed by atoms with van der Waals surface area (Å²) in [4.78, 5) is 25.4. The summed E-state index contributed by atoms with van der Waals surface area (Å²) >= 11 is 3.22. The van der Waals surface area contributed by atoms with Gasteiger partial charge in [-0.15, -0.1) is 0 Å². The molecular formula is C118H94CsLi7N8O11S2+8. The van der Waals surface area contributed by atoms with Crippen molar-refractivity contribution in [1.29, 1.82) is 0 Å². The number of thiazole rings is 2. The van der Waals surface area contributed by atoms with Crippen LogP contribution in [0.15, 0.2) is 408 Å². The molecular weight excluding hydrogens is 1950 g/mol. The van der Waals surface area contributed by atoms with Crippen LogP contribution in [0.5, 0.6) is 46.0 Å². The van der Waals surface area contributed by atoms with Crippen LogP contribution in [0.2, 0.25) is 0 Å². The van der Waals surface area contributed by atoms with Crippen molar-refractivity contribution >= 4 is 134 Å². The molecule has 29 heteroatoms. The van der Waals surface area contributed by atoms with Crippen molar-refractivity contribution in [3.8, 4) is 102 Å². The van der Waals surface area contributed by atoms with Crippen molar-refractivity contribution < 1.29 is 295 Å². The van der Waals surface area contributed by atoms with Crippen molar-refractivity contribution in [3.63, 3.8) is 0 Å². The molecule has 18 aromatic carbocycles. The molecule has 684 valence electrons. The van der Waals surface area contributed by atoms with Gasteiger partial charge >= 0.3 is 219 Å². The summed E-state index contributed by atoms with van der Waals surface area (Å²) in [5.41, 5.74) is 22.4. The average molecular weight is 2050 g/mol. The summed E-state index contributed by atoms with van der Waals surface area (Å²) in [5, 5.41) is 99.7. The molecule has 0 saturated carbocycles. The number of rotatable bonds is 11. The largest absolute Gasteiger partial charge is 1.00 e. The van der Waals surface area contributed by atoms with Crippen molar-refractivity contribution in [2.45, 2.75) is 41.5 Å². The van der Waals surface area contributed by atoms with Crippen LogP contribution in [0, 0.1) is 41.5 Å². The van der Waals surface area contributed by atoms with E-state index in [1.807, 2.05) is 302 Å². The molecule has 19 nitrogen and oxygen atoms in total. The van der Waals surface area contributed by atoms with Gasteiger partial charge in [0.2, 0.25) is 61.4 Å². The molecule has 0 fully saturated rings. The van der Waals surface area contributed by atoms with Crippen molar-refractivity contribution in [3.05, 3.63) is 444 Å². The van der Waals surface area contributed by atoms with E-state index in [0.717, 1.165) is 104 Å². The zero-order valence-corrected chi connectivity index (χ0v) is 92.5. The van der Waals surface area contributed by atoms with Crippen LogP contribution in [-0.2, 0) is 0 Å². The van der Waals surface area contributed by atoms with Gasteiger partial charge in [-0.25, -0.2) is 15.0 Å². The second-order valence-electron chi connectivity index (χ2n) is 32.6. The van der Waals surface area contributed by atoms with Crippen LogP contribution >= 0.6 is 22.7 Å². The predicted octanol–water partition coefficient (Wildman–Crippen LogP) is -7.16. The molecule has 0 atom stereocenters. The molecule has 0 aliphatic rings. The fourth-order valence-corrected chi connectivity index (χ4v) is 17.1. The zero-order valence-electron chi connectivity index (χ0n) is 84.6. The Morgan fingerprint density at radius 2 is 0.592 bits per heavy atom. The second kappa shape index (κ2) is 58.9. The number of nitrogens with one attached hydrogen (secondary N) is 8. The Labute approximate surface area is 1000 Å². The zero-order chi connectivity index (χ0) is 96.7. The molecule has 0 aliphatic carbocycles. The van der Waals surface area contributed by atoms with E-state index in [0.29, 0.717) is 61.8 Å². The number of H-pyrrole nitrogens is 5. The Morgan fingerprint density at radius 3 is 1.03 bits per heavy atom. The Balaban J connectivity index is 0.000000204. The minimum absolute atomic E-state index is 0. The standard InChI is InChI=1S/C18H13NO2.C17H11NO2.2C15H15NO.C14H13NO.C13H9NO2.2C13H9NOS.Cs.7Li/c1-11-6-9-15-16(10-11)21-18(19-15)14-8-7-12-4-2-3-5-13(12)17(14)20;19-16-12-6-2-1-5-11(12)9-10-13(16)17-18-14-7-3-4-8-15(14)20-17;1-11-7-8-14(12(2)9-11)16-10-13-5-3-4-6-15(13)17;1-11-7-8-12(2)14(9-11)16-10-13-5-3-4-6-15(13)17;1-11-5-4-7-13(9-11)15-10-12-6-2-3-8-14(12)16;3*15-11-7-3-1-5-9(11)13-14-10-6-2-4-8-12(10)16-13;;;;;;;;/h2-10,20H,1H3;1-10,19H;2*3-10,17H,1-2H3;2-10,16H,1H3;3*1-8,15H;;;;;;;;/q;;;;;;;;8*+1. The van der Waals surface area contributed by atoms with Crippen LogP contribution < -0.4 is 282 Å². The van der Waals surface area contributed by atoms with Gasteiger partial charge in [0.1, 0.15) is 9.40 Å². The molecule has 0 aliphatic heterocycles. The first-order valence-corrected chi connectivity index (χ1v) is 46.3. The molecule has 5 heterocycles. The summed E-state index contributed by atoms with van der Waals surface area (Å²) in [5.74, 6) is 1.66. The molecule has 0 saturated heterocycles. The third kappa shape index (κ3) is 32.2. The van der Waals surface area contributed by atoms with Gasteiger partial charge in [0.05, 0.1) is 16.7 Å². The van der Waals surface area contributed by atoms with Crippen LogP contribution in [0.4, 0.5) is 17.1 Å². The third-order valence-corrected chi connectivity index (χ3v) is 24.5. The SMILES string of the molecule is Cc1ccc(C)c([NH+]=Cc2ccccc2[O-])c1.Cc1ccc([NH+]=Cc2ccccc2[O-])c(C)c1.Cc1ccc2[nH+]c(-c3ccc4ccccc4c3[O-])oc2c1.Cc1cccc([NH+]=Cc2ccccc2[O-])c1.[Cs+].[Li+].[Li+].[Li+].[Li+].[Li+].[Li+].[Li+].[O-]c1c(-c2[nH+]c3ccccc3o2)ccc2ccccc12.[O-]c1ccccc1-c1[nH+]c2ccccc2o1.[O-]c1ccccc1-c1[nH+]c2ccccc2s1.[O-]c1ccccc1-c1[nH+]c2ccccc2s1. The third-order valence-electron chi connectivity index (χ3n) is 22.3. The Bertz CT molecular complexity index is 7980. The van der Waals surface area contributed by atoms with E-state index in [9.17, 15) is 40.9 Å². The number of para-hydroxylation sites is 12. The van der Waals surface area contributed by atoms with Crippen LogP contribution in [0.3, 0.4) is 0 Å². The minimum atomic E-state index is -0.0437. The Kier molecular flexibility index (Phi) is 48.3. The molecule has 0 bridgehead atoms. The van der Waals surface area contributed by atoms with Gasteiger partial charge in [-0.3, -0.25) is 0 Å². The van der Waals surface area contributed by atoms with Crippen LogP contribution in [-0.4, -0.2) is 18.6 Å². The predicted molar refractivity (Wildman–Crippen MR) is 537 cm³/mol. The van der Waals surface area contributed by atoms with Crippen molar-refractivity contribution in [2.24, 2.45) is 0 Å². The molecule has 0 spiro atoms. The van der Waals surface area contributed by atoms with Gasteiger partial charge in [0, 0.05) is 93.5 Å². The molecule has 23 aromatic rings. The summed E-state index contributed by atoms with van der Waals surface area (Å²) in [6.45, 7) is 12.2. The summed E-state index contributed by atoms with van der Waals surface area (Å²) in [7, 11) is 0. The molecule has 5 aromatic heterocycles. The maximum Gasteiger partial charge on any atom is 1.00 e. The van der Waals surface area contributed by atoms with Gasteiger partial charge < -0.3 is 54.1 Å².